The molecule has 0 atom stereocenters. The van der Waals surface area contributed by atoms with Gasteiger partial charge in [0.15, 0.2) is 0 Å². The zero-order valence-electron chi connectivity index (χ0n) is 23.9. The van der Waals surface area contributed by atoms with E-state index in [0.29, 0.717) is 0 Å². The molecule has 0 bridgehead atoms. The van der Waals surface area contributed by atoms with Gasteiger partial charge >= 0.3 is 0 Å². The van der Waals surface area contributed by atoms with E-state index in [1.54, 1.807) is 0 Å². The van der Waals surface area contributed by atoms with Crippen LogP contribution >= 0.6 is 0 Å². The van der Waals surface area contributed by atoms with E-state index in [1.807, 2.05) is 6.20 Å². The van der Waals surface area contributed by atoms with Gasteiger partial charge in [0.05, 0.1) is 27.8 Å². The van der Waals surface area contributed by atoms with Gasteiger partial charge in [-0.15, -0.1) is 0 Å². The van der Waals surface area contributed by atoms with Crippen LogP contribution in [-0.2, 0) is 0 Å². The third kappa shape index (κ3) is 3.80. The second kappa shape index (κ2) is 9.82. The van der Waals surface area contributed by atoms with Crippen molar-refractivity contribution in [3.63, 3.8) is 0 Å². The molecule has 0 fully saturated rings. The van der Waals surface area contributed by atoms with Gasteiger partial charge in [0.25, 0.3) is 0 Å². The Morgan fingerprint density at radius 2 is 0.750 bits per heavy atom. The Labute approximate surface area is 254 Å². The Bertz CT molecular complexity index is 2230. The van der Waals surface area contributed by atoms with Crippen LogP contribution in [0.4, 0.5) is 0 Å². The van der Waals surface area contributed by atoms with Crippen molar-refractivity contribution in [2.24, 2.45) is 0 Å². The van der Waals surface area contributed by atoms with E-state index >= 15 is 0 Å². The number of hydrogen-bond acceptors (Lipinski definition) is 1. The van der Waals surface area contributed by atoms with Gasteiger partial charge in [-0.05, 0) is 71.8 Å². The molecular weight excluding hydrogens is 534 g/mol. The van der Waals surface area contributed by atoms with Crippen LogP contribution < -0.4 is 0 Å². The zero-order chi connectivity index (χ0) is 29.0. The maximum absolute atomic E-state index is 4.82. The van der Waals surface area contributed by atoms with E-state index < -0.39 is 0 Å². The van der Waals surface area contributed by atoms with Crippen molar-refractivity contribution in [3.8, 4) is 33.8 Å². The van der Waals surface area contributed by atoms with E-state index in [1.165, 1.54) is 43.6 Å². The molecule has 0 N–H and O–H groups in total. The first-order valence-corrected chi connectivity index (χ1v) is 15.0. The lowest BCUT2D eigenvalue weighted by molar-refractivity contribution is 1.18. The van der Waals surface area contributed by atoms with Crippen LogP contribution in [-0.4, -0.2) is 14.1 Å². The zero-order valence-corrected chi connectivity index (χ0v) is 23.9. The molecule has 3 heterocycles. The van der Waals surface area contributed by atoms with Crippen LogP contribution in [0.5, 0.6) is 0 Å². The Kier molecular flexibility index (Phi) is 5.50. The largest absolute Gasteiger partial charge is 0.309 e. The number of aromatic nitrogens is 3. The second-order valence-electron chi connectivity index (χ2n) is 11.3. The molecule has 3 nitrogen and oxygen atoms in total. The van der Waals surface area contributed by atoms with Gasteiger partial charge in [0.2, 0.25) is 0 Å². The Morgan fingerprint density at radius 3 is 1.25 bits per heavy atom. The first-order valence-electron chi connectivity index (χ1n) is 15.0. The molecule has 0 aliphatic rings. The van der Waals surface area contributed by atoms with E-state index in [9.17, 15) is 0 Å². The van der Waals surface area contributed by atoms with Gasteiger partial charge < -0.3 is 9.13 Å². The van der Waals surface area contributed by atoms with E-state index in [2.05, 4.69) is 167 Å². The first kappa shape index (κ1) is 24.6. The maximum atomic E-state index is 4.82. The summed E-state index contributed by atoms with van der Waals surface area (Å²) >= 11 is 0. The van der Waals surface area contributed by atoms with Crippen LogP contribution in [0.25, 0.3) is 77.4 Å². The minimum absolute atomic E-state index is 0.951. The van der Waals surface area contributed by atoms with Gasteiger partial charge in [-0.2, -0.15) is 0 Å². The molecular formula is C41H27N3. The second-order valence-corrected chi connectivity index (χ2v) is 11.3. The number of para-hydroxylation sites is 4. The van der Waals surface area contributed by atoms with Crippen molar-refractivity contribution in [2.75, 3.05) is 0 Å². The fraction of sp³-hybridized carbons (Fsp3) is 0. The molecule has 0 unspecified atom stereocenters. The number of rotatable bonds is 4. The number of pyridine rings is 1. The molecule has 0 spiro atoms. The van der Waals surface area contributed by atoms with E-state index in [0.717, 1.165) is 33.8 Å². The summed E-state index contributed by atoms with van der Waals surface area (Å²) in [7, 11) is 0. The van der Waals surface area contributed by atoms with Gasteiger partial charge in [-0.3, -0.25) is 4.98 Å². The minimum Gasteiger partial charge on any atom is -0.309 e. The molecule has 0 aliphatic carbocycles. The highest BCUT2D eigenvalue weighted by Crippen LogP contribution is 2.35. The summed E-state index contributed by atoms with van der Waals surface area (Å²) in [6.45, 7) is 0. The number of nitrogens with zero attached hydrogens (tertiary/aromatic N) is 3. The smallest absolute Gasteiger partial charge is 0.0708 e. The monoisotopic (exact) mass is 561 g/mol. The van der Waals surface area contributed by atoms with Crippen LogP contribution in [0.2, 0.25) is 0 Å². The fourth-order valence-corrected chi connectivity index (χ4v) is 6.80. The highest BCUT2D eigenvalue weighted by Gasteiger charge is 2.14. The lowest BCUT2D eigenvalue weighted by Crippen LogP contribution is -1.95. The minimum atomic E-state index is 0.951. The SMILES string of the molecule is c1cc(-c2ccnc(-c3cccc(-n4c5ccccc5c5ccccc54)c3)c2)cc(-n2c3ccccc3c3ccccc32)c1. The van der Waals surface area contributed by atoms with E-state index in [4.69, 9.17) is 4.98 Å². The number of hydrogen-bond donors (Lipinski definition) is 0. The Morgan fingerprint density at radius 1 is 0.341 bits per heavy atom. The summed E-state index contributed by atoms with van der Waals surface area (Å²) < 4.78 is 4.72. The summed E-state index contributed by atoms with van der Waals surface area (Å²) in [5.41, 5.74) is 11.4. The Hall–Kier alpha value is -5.93. The van der Waals surface area contributed by atoms with Gasteiger partial charge in [0.1, 0.15) is 0 Å². The van der Waals surface area contributed by atoms with Gasteiger partial charge in [-0.1, -0.05) is 97.1 Å². The molecule has 0 saturated carbocycles. The standard InChI is InChI=1S/C41H27N3/c1-5-19-38-33(15-1)34-16-2-6-20-39(34)43(38)31-13-9-11-28(25-31)29-23-24-42-37(27-29)30-12-10-14-32(26-30)44-40-21-7-3-17-35(40)36-18-4-8-22-41(36)44/h1-27H. The van der Waals surface area contributed by atoms with E-state index in [-0.39, 0.29) is 0 Å². The van der Waals surface area contributed by atoms with Crippen molar-refractivity contribution in [3.05, 3.63) is 164 Å². The fourth-order valence-electron chi connectivity index (χ4n) is 6.80. The van der Waals surface area contributed by atoms with Crippen molar-refractivity contribution >= 4 is 43.6 Å². The van der Waals surface area contributed by atoms with Crippen LogP contribution in [0.15, 0.2) is 164 Å². The lowest BCUT2D eigenvalue weighted by atomic mass is 10.0. The molecule has 6 aromatic carbocycles. The first-order chi connectivity index (χ1) is 21.8. The molecule has 206 valence electrons. The maximum Gasteiger partial charge on any atom is 0.0708 e. The van der Waals surface area contributed by atoms with Gasteiger partial charge in [-0.25, -0.2) is 0 Å². The number of fused-ring (bicyclic) bond motifs is 6. The predicted octanol–water partition coefficient (Wildman–Crippen LogP) is 10.6. The topological polar surface area (TPSA) is 22.8 Å². The molecule has 9 aromatic rings. The summed E-state index contributed by atoms with van der Waals surface area (Å²) in [5.74, 6) is 0. The summed E-state index contributed by atoms with van der Waals surface area (Å²) in [5, 5.41) is 5.05. The molecule has 9 rings (SSSR count). The lowest BCUT2D eigenvalue weighted by Gasteiger charge is -2.12. The molecule has 3 heteroatoms. The average Bonchev–Trinajstić information content (AvgIpc) is 3.62. The normalized spacial score (nSPS) is 11.6. The molecule has 3 aromatic heterocycles. The van der Waals surface area contributed by atoms with Crippen LogP contribution in [0, 0.1) is 0 Å². The third-order valence-electron chi connectivity index (χ3n) is 8.76. The van der Waals surface area contributed by atoms with Crippen molar-refractivity contribution in [2.45, 2.75) is 0 Å². The molecule has 0 aliphatic heterocycles. The Balaban J connectivity index is 1.15. The number of benzene rings is 6. The van der Waals surface area contributed by atoms with Crippen LogP contribution in [0.3, 0.4) is 0 Å². The molecule has 0 saturated heterocycles. The summed E-state index contributed by atoms with van der Waals surface area (Å²) in [6.07, 6.45) is 1.92. The highest BCUT2D eigenvalue weighted by molar-refractivity contribution is 6.10. The van der Waals surface area contributed by atoms with Crippen LogP contribution in [0.1, 0.15) is 0 Å². The predicted molar refractivity (Wildman–Crippen MR) is 184 cm³/mol. The molecule has 44 heavy (non-hydrogen) atoms. The summed E-state index contributed by atoms with van der Waals surface area (Å²) in [6, 6.07) is 56.4. The van der Waals surface area contributed by atoms with Crippen molar-refractivity contribution in [1.82, 2.24) is 14.1 Å². The summed E-state index contributed by atoms with van der Waals surface area (Å²) in [4.78, 5) is 4.82. The quantitative estimate of drug-likeness (QED) is 0.210. The average molecular weight is 562 g/mol. The van der Waals surface area contributed by atoms with Crippen molar-refractivity contribution in [1.29, 1.82) is 0 Å². The third-order valence-corrected chi connectivity index (χ3v) is 8.76. The molecule has 0 amide bonds. The molecule has 0 radical (unpaired) electrons. The highest BCUT2D eigenvalue weighted by atomic mass is 15.0. The van der Waals surface area contributed by atoms with Crippen molar-refractivity contribution < 1.29 is 0 Å². The van der Waals surface area contributed by atoms with Gasteiger partial charge in [0, 0.05) is 44.7 Å².